The molecule has 1 aromatic carbocycles. The number of benzene rings is 1. The number of anilines is 2. The number of oxazole rings is 1. The van der Waals surface area contributed by atoms with E-state index in [-0.39, 0.29) is 6.10 Å². The van der Waals surface area contributed by atoms with Gasteiger partial charge in [-0.3, -0.25) is 0 Å². The fraction of sp³-hybridized carbons (Fsp3) is 0.500. The summed E-state index contributed by atoms with van der Waals surface area (Å²) in [5, 5.41) is 9.95. The van der Waals surface area contributed by atoms with E-state index in [2.05, 4.69) is 9.88 Å². The largest absolute Gasteiger partial charge is 0.423 e. The summed E-state index contributed by atoms with van der Waals surface area (Å²) >= 11 is 0. The maximum atomic E-state index is 9.95. The summed E-state index contributed by atoms with van der Waals surface area (Å²) in [4.78, 5) is 6.65. The third kappa shape index (κ3) is 1.69. The van der Waals surface area contributed by atoms with Crippen LogP contribution in [0, 0.1) is 11.8 Å². The Morgan fingerprint density at radius 3 is 3.05 bits per heavy atom. The zero-order valence-electron chi connectivity index (χ0n) is 10.6. The fourth-order valence-electron chi connectivity index (χ4n) is 3.46. The van der Waals surface area contributed by atoms with E-state index in [1.165, 1.54) is 0 Å². The predicted molar refractivity (Wildman–Crippen MR) is 72.9 cm³/mol. The van der Waals surface area contributed by atoms with Crippen molar-refractivity contribution in [2.75, 3.05) is 23.7 Å². The Hall–Kier alpha value is -1.75. The molecule has 3 unspecified atom stereocenters. The van der Waals surface area contributed by atoms with Gasteiger partial charge in [0.1, 0.15) is 5.52 Å². The fourth-order valence-corrected chi connectivity index (χ4v) is 3.46. The molecule has 1 aromatic heterocycles. The van der Waals surface area contributed by atoms with Gasteiger partial charge in [-0.25, -0.2) is 0 Å². The number of aliphatic hydroxyl groups excluding tert-OH is 1. The van der Waals surface area contributed by atoms with Gasteiger partial charge in [0.05, 0.1) is 6.10 Å². The second-order valence-corrected chi connectivity index (χ2v) is 5.70. The Balaban J connectivity index is 1.65. The lowest BCUT2D eigenvalue weighted by Gasteiger charge is -2.15. The van der Waals surface area contributed by atoms with E-state index >= 15 is 0 Å². The van der Waals surface area contributed by atoms with Crippen LogP contribution < -0.4 is 10.6 Å². The first-order chi connectivity index (χ1) is 9.20. The normalized spacial score (nSPS) is 30.2. The molecule has 2 fully saturated rings. The van der Waals surface area contributed by atoms with Crippen molar-refractivity contribution in [3.8, 4) is 0 Å². The van der Waals surface area contributed by atoms with Crippen molar-refractivity contribution in [2.45, 2.75) is 18.9 Å². The van der Waals surface area contributed by atoms with Crippen LogP contribution in [0.1, 0.15) is 12.8 Å². The minimum absolute atomic E-state index is 0.157. The van der Waals surface area contributed by atoms with Crippen LogP contribution in [0.4, 0.5) is 11.7 Å². The van der Waals surface area contributed by atoms with E-state index < -0.39 is 0 Å². The average molecular weight is 259 g/mol. The number of rotatable bonds is 1. The summed E-state index contributed by atoms with van der Waals surface area (Å²) in [5.74, 6) is 0.954. The van der Waals surface area contributed by atoms with Gasteiger partial charge in [-0.05, 0) is 37.0 Å². The van der Waals surface area contributed by atoms with E-state index in [0.29, 0.717) is 23.5 Å². The van der Waals surface area contributed by atoms with Crippen LogP contribution in [0.15, 0.2) is 22.6 Å². The summed E-state index contributed by atoms with van der Waals surface area (Å²) in [6, 6.07) is 6.16. The van der Waals surface area contributed by atoms with Crippen LogP contribution in [0.3, 0.4) is 0 Å². The molecule has 4 rings (SSSR count). The number of fused-ring (bicyclic) bond motifs is 2. The van der Waals surface area contributed by atoms with Crippen molar-refractivity contribution in [2.24, 2.45) is 11.8 Å². The minimum Gasteiger partial charge on any atom is -0.423 e. The van der Waals surface area contributed by atoms with E-state index in [4.69, 9.17) is 10.2 Å². The SMILES string of the molecule is Nc1ccc2oc(N3CC4CCC(O)C4C3)nc2c1. The predicted octanol–water partition coefficient (Wildman–Crippen LogP) is 1.62. The highest BCUT2D eigenvalue weighted by atomic mass is 16.4. The molecule has 0 radical (unpaired) electrons. The van der Waals surface area contributed by atoms with Gasteiger partial charge in [-0.15, -0.1) is 0 Å². The lowest BCUT2D eigenvalue weighted by Crippen LogP contribution is -2.24. The summed E-state index contributed by atoms with van der Waals surface area (Å²) in [5.41, 5.74) is 8.01. The van der Waals surface area contributed by atoms with Crippen molar-refractivity contribution in [3.05, 3.63) is 18.2 Å². The molecule has 3 atom stereocenters. The third-order valence-electron chi connectivity index (χ3n) is 4.49. The Bertz CT molecular complexity index is 624. The molecule has 5 nitrogen and oxygen atoms in total. The number of nitrogens with two attached hydrogens (primary N) is 1. The molecular formula is C14H17N3O2. The average Bonchev–Trinajstić information content (AvgIpc) is 3.04. The third-order valence-corrected chi connectivity index (χ3v) is 4.49. The number of aliphatic hydroxyl groups is 1. The molecule has 1 saturated heterocycles. The van der Waals surface area contributed by atoms with E-state index in [9.17, 15) is 5.11 Å². The second kappa shape index (κ2) is 3.87. The molecular weight excluding hydrogens is 242 g/mol. The molecule has 100 valence electrons. The standard InChI is InChI=1S/C14H17N3O2/c15-9-2-4-13-11(5-9)16-14(19-13)17-6-8-1-3-12(18)10(8)7-17/h2,4-5,8,10,12,18H,1,3,6-7,15H2. The molecule has 5 heteroatoms. The van der Waals surface area contributed by atoms with E-state index in [1.54, 1.807) is 0 Å². The van der Waals surface area contributed by atoms with Crippen LogP contribution in [0.5, 0.6) is 0 Å². The summed E-state index contributed by atoms with van der Waals surface area (Å²) in [6.45, 7) is 1.78. The number of hydrogen-bond donors (Lipinski definition) is 2. The van der Waals surface area contributed by atoms with Crippen molar-refractivity contribution < 1.29 is 9.52 Å². The topological polar surface area (TPSA) is 75.5 Å². The van der Waals surface area contributed by atoms with Gasteiger partial charge < -0.3 is 20.2 Å². The van der Waals surface area contributed by atoms with E-state index in [1.807, 2.05) is 18.2 Å². The van der Waals surface area contributed by atoms with Crippen molar-refractivity contribution in [3.63, 3.8) is 0 Å². The van der Waals surface area contributed by atoms with Crippen molar-refractivity contribution in [1.29, 1.82) is 0 Å². The van der Waals surface area contributed by atoms with Crippen LogP contribution in [-0.2, 0) is 0 Å². The molecule has 2 aromatic rings. The van der Waals surface area contributed by atoms with Gasteiger partial charge in [0.2, 0.25) is 0 Å². The maximum Gasteiger partial charge on any atom is 0.298 e. The Morgan fingerprint density at radius 1 is 1.32 bits per heavy atom. The van der Waals surface area contributed by atoms with Gasteiger partial charge in [-0.2, -0.15) is 4.98 Å². The Labute approximate surface area is 111 Å². The first kappa shape index (κ1) is 11.1. The van der Waals surface area contributed by atoms with Crippen LogP contribution in [0.2, 0.25) is 0 Å². The first-order valence-corrected chi connectivity index (χ1v) is 6.80. The number of nitrogens with zero attached hydrogens (tertiary/aromatic N) is 2. The molecule has 19 heavy (non-hydrogen) atoms. The number of hydrogen-bond acceptors (Lipinski definition) is 5. The van der Waals surface area contributed by atoms with Crippen LogP contribution >= 0.6 is 0 Å². The highest BCUT2D eigenvalue weighted by molar-refractivity contribution is 5.78. The number of aromatic nitrogens is 1. The molecule has 1 saturated carbocycles. The van der Waals surface area contributed by atoms with Crippen LogP contribution in [0.25, 0.3) is 11.1 Å². The van der Waals surface area contributed by atoms with Gasteiger partial charge in [-0.1, -0.05) is 0 Å². The molecule has 1 aliphatic heterocycles. The van der Waals surface area contributed by atoms with Crippen LogP contribution in [-0.4, -0.2) is 29.3 Å². The van der Waals surface area contributed by atoms with E-state index in [0.717, 1.165) is 37.0 Å². The zero-order valence-corrected chi connectivity index (χ0v) is 10.6. The monoisotopic (exact) mass is 259 g/mol. The lowest BCUT2D eigenvalue weighted by molar-refractivity contribution is 0.133. The lowest BCUT2D eigenvalue weighted by atomic mass is 10.00. The molecule has 1 aliphatic carbocycles. The van der Waals surface area contributed by atoms with Gasteiger partial charge in [0.25, 0.3) is 6.01 Å². The first-order valence-electron chi connectivity index (χ1n) is 6.80. The number of nitrogen functional groups attached to an aromatic ring is 1. The Kier molecular flexibility index (Phi) is 2.26. The minimum atomic E-state index is -0.157. The maximum absolute atomic E-state index is 9.95. The molecule has 0 amide bonds. The highest BCUT2D eigenvalue weighted by Crippen LogP contribution is 2.40. The Morgan fingerprint density at radius 2 is 2.21 bits per heavy atom. The molecule has 2 aliphatic rings. The molecule has 0 spiro atoms. The molecule has 0 bridgehead atoms. The molecule has 2 heterocycles. The highest BCUT2D eigenvalue weighted by Gasteiger charge is 2.43. The summed E-state index contributed by atoms with van der Waals surface area (Å²) in [6.07, 6.45) is 1.89. The van der Waals surface area contributed by atoms with Gasteiger partial charge >= 0.3 is 0 Å². The summed E-state index contributed by atoms with van der Waals surface area (Å²) in [7, 11) is 0. The van der Waals surface area contributed by atoms with Crippen molar-refractivity contribution >= 4 is 22.8 Å². The zero-order chi connectivity index (χ0) is 13.0. The quantitative estimate of drug-likeness (QED) is 0.761. The summed E-state index contributed by atoms with van der Waals surface area (Å²) < 4.78 is 5.79. The van der Waals surface area contributed by atoms with Crippen molar-refractivity contribution in [1.82, 2.24) is 4.98 Å². The van der Waals surface area contributed by atoms with Gasteiger partial charge in [0.15, 0.2) is 5.58 Å². The van der Waals surface area contributed by atoms with Gasteiger partial charge in [0, 0.05) is 24.7 Å². The smallest absolute Gasteiger partial charge is 0.298 e. The molecule has 3 N–H and O–H groups in total. The second-order valence-electron chi connectivity index (χ2n) is 5.70.